The van der Waals surface area contributed by atoms with E-state index in [4.69, 9.17) is 4.74 Å². The van der Waals surface area contributed by atoms with Crippen molar-refractivity contribution in [3.63, 3.8) is 0 Å². The molecule has 0 N–H and O–H groups in total. The summed E-state index contributed by atoms with van der Waals surface area (Å²) in [5.74, 6) is -0.756. The van der Waals surface area contributed by atoms with E-state index in [0.717, 1.165) is 38.4 Å². The summed E-state index contributed by atoms with van der Waals surface area (Å²) in [7, 11) is 0. The van der Waals surface area contributed by atoms with Gasteiger partial charge in [0.1, 0.15) is 5.82 Å². The molecular weight excluding hydrogens is 281 g/mol. The third-order valence-electron chi connectivity index (χ3n) is 3.82. The molecule has 3 rings (SSSR count). The highest BCUT2D eigenvalue weighted by Crippen LogP contribution is 2.16. The Hall–Kier alpha value is -2.04. The van der Waals surface area contributed by atoms with Crippen LogP contribution in [0.3, 0.4) is 0 Å². The van der Waals surface area contributed by atoms with Crippen molar-refractivity contribution in [1.29, 1.82) is 0 Å². The van der Waals surface area contributed by atoms with Gasteiger partial charge < -0.3 is 4.74 Å². The Morgan fingerprint density at radius 2 is 1.86 bits per heavy atom. The van der Waals surface area contributed by atoms with Crippen molar-refractivity contribution in [3.8, 4) is 0 Å². The van der Waals surface area contributed by atoms with Crippen molar-refractivity contribution in [2.75, 3.05) is 26.3 Å². The number of benzene rings is 2. The summed E-state index contributed by atoms with van der Waals surface area (Å²) in [6, 6.07) is 13.5. The number of rotatable bonds is 4. The fourth-order valence-electron chi connectivity index (χ4n) is 2.63. The predicted molar refractivity (Wildman–Crippen MR) is 82.4 cm³/mol. The Bertz CT molecular complexity index is 666. The topological polar surface area (TPSA) is 29.5 Å². The molecule has 0 aromatic heterocycles. The second-order valence-electron chi connectivity index (χ2n) is 5.40. The molecular formula is C18H18FNO2. The number of carbonyl (C=O) groups excluding carboxylic acids is 1. The van der Waals surface area contributed by atoms with Crippen LogP contribution in [0, 0.1) is 5.82 Å². The monoisotopic (exact) mass is 299 g/mol. The van der Waals surface area contributed by atoms with Crippen molar-refractivity contribution in [1.82, 2.24) is 4.90 Å². The molecule has 0 bridgehead atoms. The predicted octanol–water partition coefficient (Wildman–Crippen LogP) is 2.89. The van der Waals surface area contributed by atoms with E-state index in [1.54, 1.807) is 18.2 Å². The smallest absolute Gasteiger partial charge is 0.195 e. The van der Waals surface area contributed by atoms with E-state index in [-0.39, 0.29) is 11.3 Å². The molecule has 2 aromatic carbocycles. The lowest BCUT2D eigenvalue weighted by Crippen LogP contribution is -2.35. The molecule has 0 atom stereocenters. The SMILES string of the molecule is O=C(c1cccc(CN2CCOCC2)c1)c1ccccc1F. The van der Waals surface area contributed by atoms with Gasteiger partial charge in [0.2, 0.25) is 0 Å². The van der Waals surface area contributed by atoms with Crippen LogP contribution in [-0.2, 0) is 11.3 Å². The molecule has 1 saturated heterocycles. The van der Waals surface area contributed by atoms with Crippen LogP contribution in [-0.4, -0.2) is 37.0 Å². The first-order chi connectivity index (χ1) is 10.7. The van der Waals surface area contributed by atoms with Crippen molar-refractivity contribution >= 4 is 5.78 Å². The van der Waals surface area contributed by atoms with E-state index in [9.17, 15) is 9.18 Å². The van der Waals surface area contributed by atoms with Gasteiger partial charge in [0.15, 0.2) is 5.78 Å². The maximum absolute atomic E-state index is 13.8. The maximum atomic E-state index is 13.8. The molecule has 0 aliphatic carbocycles. The van der Waals surface area contributed by atoms with Gasteiger partial charge in [-0.2, -0.15) is 0 Å². The summed E-state index contributed by atoms with van der Waals surface area (Å²) in [4.78, 5) is 14.7. The van der Waals surface area contributed by atoms with Gasteiger partial charge in [0, 0.05) is 25.2 Å². The Morgan fingerprint density at radius 3 is 2.64 bits per heavy atom. The summed E-state index contributed by atoms with van der Waals surface area (Å²) < 4.78 is 19.1. The molecule has 0 unspecified atom stereocenters. The van der Waals surface area contributed by atoms with Gasteiger partial charge in [0.25, 0.3) is 0 Å². The van der Waals surface area contributed by atoms with E-state index in [1.807, 2.05) is 18.2 Å². The van der Waals surface area contributed by atoms with Gasteiger partial charge in [-0.05, 0) is 23.8 Å². The molecule has 1 aliphatic rings. The summed E-state index contributed by atoms with van der Waals surface area (Å²) in [5, 5.41) is 0. The minimum atomic E-state index is -0.480. The Balaban J connectivity index is 1.78. The van der Waals surface area contributed by atoms with Crippen LogP contribution in [0.25, 0.3) is 0 Å². The fourth-order valence-corrected chi connectivity index (χ4v) is 2.63. The number of halogens is 1. The molecule has 0 saturated carbocycles. The summed E-state index contributed by atoms with van der Waals surface area (Å²) in [6.45, 7) is 4.06. The third-order valence-corrected chi connectivity index (χ3v) is 3.82. The lowest BCUT2D eigenvalue weighted by Gasteiger charge is -2.26. The van der Waals surface area contributed by atoms with Crippen molar-refractivity contribution in [2.45, 2.75) is 6.54 Å². The highest BCUT2D eigenvalue weighted by molar-refractivity contribution is 6.09. The number of carbonyl (C=O) groups is 1. The Kier molecular flexibility index (Phi) is 4.61. The number of ketones is 1. The number of hydrogen-bond acceptors (Lipinski definition) is 3. The van der Waals surface area contributed by atoms with Crippen LogP contribution in [0.5, 0.6) is 0 Å². The van der Waals surface area contributed by atoms with Gasteiger partial charge in [-0.25, -0.2) is 4.39 Å². The number of nitrogens with zero attached hydrogens (tertiary/aromatic N) is 1. The van der Waals surface area contributed by atoms with E-state index < -0.39 is 5.82 Å². The molecule has 4 heteroatoms. The van der Waals surface area contributed by atoms with Crippen LogP contribution in [0.15, 0.2) is 48.5 Å². The van der Waals surface area contributed by atoms with Crippen LogP contribution in [0.2, 0.25) is 0 Å². The minimum absolute atomic E-state index is 0.117. The van der Waals surface area contributed by atoms with Crippen molar-refractivity contribution in [2.24, 2.45) is 0 Å². The van der Waals surface area contributed by atoms with Gasteiger partial charge in [0.05, 0.1) is 18.8 Å². The van der Waals surface area contributed by atoms with Crippen LogP contribution in [0.4, 0.5) is 4.39 Å². The quantitative estimate of drug-likeness (QED) is 0.813. The first-order valence-corrected chi connectivity index (χ1v) is 7.42. The van der Waals surface area contributed by atoms with E-state index >= 15 is 0 Å². The minimum Gasteiger partial charge on any atom is -0.379 e. The fraction of sp³-hybridized carbons (Fsp3) is 0.278. The number of ether oxygens (including phenoxy) is 1. The van der Waals surface area contributed by atoms with Crippen molar-refractivity contribution < 1.29 is 13.9 Å². The lowest BCUT2D eigenvalue weighted by molar-refractivity contribution is 0.0342. The van der Waals surface area contributed by atoms with Gasteiger partial charge >= 0.3 is 0 Å². The summed E-state index contributed by atoms with van der Waals surface area (Å²) in [5.41, 5.74) is 1.70. The zero-order chi connectivity index (χ0) is 15.4. The standard InChI is InChI=1S/C18H18FNO2/c19-17-7-2-1-6-16(17)18(21)15-5-3-4-14(12-15)13-20-8-10-22-11-9-20/h1-7,12H,8-11,13H2. The average Bonchev–Trinajstić information content (AvgIpc) is 2.56. The normalized spacial score (nSPS) is 15.7. The van der Waals surface area contributed by atoms with Gasteiger partial charge in [-0.3, -0.25) is 9.69 Å². The van der Waals surface area contributed by atoms with Crippen LogP contribution in [0.1, 0.15) is 21.5 Å². The average molecular weight is 299 g/mol. The van der Waals surface area contributed by atoms with E-state index in [2.05, 4.69) is 4.90 Å². The molecule has 1 heterocycles. The molecule has 0 amide bonds. The highest BCUT2D eigenvalue weighted by atomic mass is 19.1. The molecule has 0 radical (unpaired) electrons. The second kappa shape index (κ2) is 6.81. The number of morpholine rings is 1. The molecule has 2 aromatic rings. The summed E-state index contributed by atoms with van der Waals surface area (Å²) >= 11 is 0. The first kappa shape index (κ1) is 14.9. The highest BCUT2D eigenvalue weighted by Gasteiger charge is 2.15. The van der Waals surface area contributed by atoms with E-state index in [0.29, 0.717) is 5.56 Å². The van der Waals surface area contributed by atoms with E-state index in [1.165, 1.54) is 12.1 Å². The maximum Gasteiger partial charge on any atom is 0.195 e. The Labute approximate surface area is 129 Å². The molecule has 3 nitrogen and oxygen atoms in total. The zero-order valence-corrected chi connectivity index (χ0v) is 12.3. The van der Waals surface area contributed by atoms with Crippen LogP contribution >= 0.6 is 0 Å². The summed E-state index contributed by atoms with van der Waals surface area (Å²) in [6.07, 6.45) is 0. The molecule has 1 aliphatic heterocycles. The largest absolute Gasteiger partial charge is 0.379 e. The molecule has 0 spiro atoms. The van der Waals surface area contributed by atoms with Gasteiger partial charge in [-0.1, -0.05) is 30.3 Å². The second-order valence-corrected chi connectivity index (χ2v) is 5.40. The molecule has 22 heavy (non-hydrogen) atoms. The zero-order valence-electron chi connectivity index (χ0n) is 12.3. The van der Waals surface area contributed by atoms with Crippen molar-refractivity contribution in [3.05, 3.63) is 71.0 Å². The third kappa shape index (κ3) is 3.40. The number of hydrogen-bond donors (Lipinski definition) is 0. The first-order valence-electron chi connectivity index (χ1n) is 7.42. The lowest BCUT2D eigenvalue weighted by atomic mass is 10.0. The molecule has 1 fully saturated rings. The van der Waals surface area contributed by atoms with Gasteiger partial charge in [-0.15, -0.1) is 0 Å². The van der Waals surface area contributed by atoms with Crippen LogP contribution < -0.4 is 0 Å². The molecule has 114 valence electrons. The Morgan fingerprint density at radius 1 is 1.09 bits per heavy atom.